The molecule has 1 heterocycles. The molecule has 0 aliphatic heterocycles. The van der Waals surface area contributed by atoms with Crippen molar-refractivity contribution >= 4 is 21.4 Å². The summed E-state index contributed by atoms with van der Waals surface area (Å²) in [5.41, 5.74) is 4.13. The van der Waals surface area contributed by atoms with E-state index in [1.54, 1.807) is 17.6 Å². The Balaban J connectivity index is 2.21. The van der Waals surface area contributed by atoms with Crippen molar-refractivity contribution in [2.24, 2.45) is 0 Å². The van der Waals surface area contributed by atoms with E-state index in [1.807, 2.05) is 13.8 Å². The lowest BCUT2D eigenvalue weighted by atomic mass is 10.1. The molecule has 7 heteroatoms. The van der Waals surface area contributed by atoms with Crippen molar-refractivity contribution in [2.75, 3.05) is 0 Å². The van der Waals surface area contributed by atoms with Crippen LogP contribution in [-0.4, -0.2) is 18.5 Å². The maximum atomic E-state index is 12.3. The fourth-order valence-corrected chi connectivity index (χ4v) is 3.86. The number of nitrogens with zero attached hydrogens (tertiary/aromatic N) is 1. The van der Waals surface area contributed by atoms with Crippen molar-refractivity contribution < 1.29 is 13.5 Å². The van der Waals surface area contributed by atoms with Gasteiger partial charge in [-0.3, -0.25) is 0 Å². The maximum absolute atomic E-state index is 12.3. The maximum Gasteiger partial charge on any atom is 0.240 e. The van der Waals surface area contributed by atoms with Crippen LogP contribution in [0.2, 0.25) is 0 Å². The second-order valence-electron chi connectivity index (χ2n) is 4.63. The van der Waals surface area contributed by atoms with Crippen LogP contribution < -0.4 is 4.72 Å². The van der Waals surface area contributed by atoms with E-state index in [4.69, 9.17) is 0 Å². The molecule has 0 amide bonds. The molecule has 0 unspecified atom stereocenters. The molecule has 1 aromatic heterocycles. The smallest absolute Gasteiger partial charge is 0.240 e. The summed E-state index contributed by atoms with van der Waals surface area (Å²) < 4.78 is 27.2. The molecule has 0 aliphatic rings. The van der Waals surface area contributed by atoms with Gasteiger partial charge in [-0.05, 0) is 36.6 Å². The van der Waals surface area contributed by atoms with Crippen molar-refractivity contribution in [3.8, 4) is 0 Å². The molecule has 0 fully saturated rings. The molecule has 0 radical (unpaired) electrons. The SMILES string of the molecule is CCc1ccc(S(=O)(=O)NCc2scnc2C)cc1CO. The summed E-state index contributed by atoms with van der Waals surface area (Å²) in [5.74, 6) is 0. The van der Waals surface area contributed by atoms with Crippen LogP contribution in [0.25, 0.3) is 0 Å². The van der Waals surface area contributed by atoms with Gasteiger partial charge < -0.3 is 5.11 Å². The van der Waals surface area contributed by atoms with Gasteiger partial charge in [-0.15, -0.1) is 11.3 Å². The van der Waals surface area contributed by atoms with Crippen molar-refractivity contribution in [3.63, 3.8) is 0 Å². The van der Waals surface area contributed by atoms with Gasteiger partial charge in [0.1, 0.15) is 0 Å². The van der Waals surface area contributed by atoms with Gasteiger partial charge in [0.15, 0.2) is 0 Å². The minimum Gasteiger partial charge on any atom is -0.392 e. The molecule has 0 saturated carbocycles. The lowest BCUT2D eigenvalue weighted by Gasteiger charge is -2.10. The summed E-state index contributed by atoms with van der Waals surface area (Å²) in [5, 5.41) is 9.33. The minimum atomic E-state index is -3.59. The summed E-state index contributed by atoms with van der Waals surface area (Å²) >= 11 is 1.42. The first-order valence-corrected chi connectivity index (χ1v) is 8.95. The Hall–Kier alpha value is -1.28. The normalized spacial score (nSPS) is 11.8. The zero-order valence-electron chi connectivity index (χ0n) is 12.0. The van der Waals surface area contributed by atoms with Crippen LogP contribution in [-0.2, 0) is 29.6 Å². The number of aliphatic hydroxyl groups excluding tert-OH is 1. The number of hydrogen-bond donors (Lipinski definition) is 2. The average Bonchev–Trinajstić information content (AvgIpc) is 2.89. The first-order valence-electron chi connectivity index (χ1n) is 6.59. The molecule has 114 valence electrons. The lowest BCUT2D eigenvalue weighted by Crippen LogP contribution is -2.23. The van der Waals surface area contributed by atoms with Crippen LogP contribution in [0.15, 0.2) is 28.6 Å². The molecule has 0 bridgehead atoms. The van der Waals surface area contributed by atoms with Crippen molar-refractivity contribution in [1.29, 1.82) is 0 Å². The molecule has 0 aliphatic carbocycles. The Labute approximate surface area is 128 Å². The largest absolute Gasteiger partial charge is 0.392 e. The molecule has 2 N–H and O–H groups in total. The molecule has 1 aromatic carbocycles. The highest BCUT2D eigenvalue weighted by Crippen LogP contribution is 2.18. The fraction of sp³-hybridized carbons (Fsp3) is 0.357. The number of hydrogen-bond acceptors (Lipinski definition) is 5. The number of sulfonamides is 1. The van der Waals surface area contributed by atoms with Gasteiger partial charge in [-0.2, -0.15) is 0 Å². The fourth-order valence-electron chi connectivity index (χ4n) is 2.00. The van der Waals surface area contributed by atoms with Gasteiger partial charge in [0.05, 0.1) is 22.7 Å². The van der Waals surface area contributed by atoms with Crippen molar-refractivity contribution in [3.05, 3.63) is 45.4 Å². The van der Waals surface area contributed by atoms with E-state index in [1.165, 1.54) is 17.4 Å². The summed E-state index contributed by atoms with van der Waals surface area (Å²) in [6.45, 7) is 3.87. The van der Waals surface area contributed by atoms with Gasteiger partial charge >= 0.3 is 0 Å². The number of nitrogens with one attached hydrogen (secondary N) is 1. The Bertz CT molecular complexity index is 724. The molecular formula is C14H18N2O3S2. The van der Waals surface area contributed by atoms with E-state index < -0.39 is 10.0 Å². The Morgan fingerprint density at radius 2 is 2.10 bits per heavy atom. The minimum absolute atomic E-state index is 0.166. The lowest BCUT2D eigenvalue weighted by molar-refractivity contribution is 0.280. The van der Waals surface area contributed by atoms with Crippen LogP contribution in [0.5, 0.6) is 0 Å². The highest BCUT2D eigenvalue weighted by atomic mass is 32.2. The van der Waals surface area contributed by atoms with Crippen LogP contribution in [0.1, 0.15) is 28.6 Å². The third-order valence-electron chi connectivity index (χ3n) is 3.31. The first-order chi connectivity index (χ1) is 9.97. The zero-order chi connectivity index (χ0) is 15.5. The summed E-state index contributed by atoms with van der Waals surface area (Å²) in [4.78, 5) is 5.16. The molecule has 0 atom stereocenters. The van der Waals surface area contributed by atoms with Gasteiger partial charge in [-0.1, -0.05) is 13.0 Å². The average molecular weight is 326 g/mol. The summed E-state index contributed by atoms with van der Waals surface area (Å²) in [6.07, 6.45) is 0.754. The standard InChI is InChI=1S/C14H18N2O3S2/c1-3-11-4-5-13(6-12(11)8-17)21(18,19)16-7-14-10(2)15-9-20-14/h4-6,9,16-17H,3,7-8H2,1-2H3. The van der Waals surface area contributed by atoms with Crippen LogP contribution in [0, 0.1) is 6.92 Å². The Morgan fingerprint density at radius 3 is 2.67 bits per heavy atom. The number of thiazole rings is 1. The predicted molar refractivity (Wildman–Crippen MR) is 82.6 cm³/mol. The van der Waals surface area contributed by atoms with Crippen molar-refractivity contribution in [1.82, 2.24) is 9.71 Å². The molecule has 2 aromatic rings. The van der Waals surface area contributed by atoms with E-state index in [-0.39, 0.29) is 18.0 Å². The van der Waals surface area contributed by atoms with E-state index in [9.17, 15) is 13.5 Å². The molecule has 2 rings (SSSR count). The number of aryl methyl sites for hydroxylation is 2. The summed E-state index contributed by atoms with van der Waals surface area (Å²) in [6, 6.07) is 4.85. The molecule has 0 spiro atoms. The molecule has 0 saturated heterocycles. The first kappa shape index (κ1) is 16.1. The van der Waals surface area contributed by atoms with Gasteiger partial charge in [0.2, 0.25) is 10.0 Å². The Morgan fingerprint density at radius 1 is 1.33 bits per heavy atom. The van der Waals surface area contributed by atoms with E-state index in [0.29, 0.717) is 5.56 Å². The van der Waals surface area contributed by atoms with Crippen LogP contribution >= 0.6 is 11.3 Å². The second-order valence-corrected chi connectivity index (χ2v) is 7.33. The highest BCUT2D eigenvalue weighted by molar-refractivity contribution is 7.89. The number of aromatic nitrogens is 1. The quantitative estimate of drug-likeness (QED) is 0.851. The third kappa shape index (κ3) is 3.68. The van der Waals surface area contributed by atoms with Gasteiger partial charge in [0, 0.05) is 11.4 Å². The van der Waals surface area contributed by atoms with E-state index in [2.05, 4.69) is 9.71 Å². The zero-order valence-corrected chi connectivity index (χ0v) is 13.6. The van der Waals surface area contributed by atoms with Gasteiger partial charge in [0.25, 0.3) is 0 Å². The molecule has 21 heavy (non-hydrogen) atoms. The third-order valence-corrected chi connectivity index (χ3v) is 5.64. The van der Waals surface area contributed by atoms with Crippen LogP contribution in [0.3, 0.4) is 0 Å². The predicted octanol–water partition coefficient (Wildman–Crippen LogP) is 1.98. The second kappa shape index (κ2) is 6.65. The van der Waals surface area contributed by atoms with E-state index >= 15 is 0 Å². The Kier molecular flexibility index (Phi) is 5.10. The highest BCUT2D eigenvalue weighted by Gasteiger charge is 2.16. The summed E-state index contributed by atoms with van der Waals surface area (Å²) in [7, 11) is -3.59. The molecule has 5 nitrogen and oxygen atoms in total. The van der Waals surface area contributed by atoms with Crippen molar-refractivity contribution in [2.45, 2.75) is 38.3 Å². The number of rotatable bonds is 6. The van der Waals surface area contributed by atoms with Crippen LogP contribution in [0.4, 0.5) is 0 Å². The number of benzene rings is 1. The number of aliphatic hydroxyl groups is 1. The topological polar surface area (TPSA) is 79.3 Å². The van der Waals surface area contributed by atoms with E-state index in [0.717, 1.165) is 22.6 Å². The monoisotopic (exact) mass is 326 g/mol. The van der Waals surface area contributed by atoms with Gasteiger partial charge in [-0.25, -0.2) is 18.1 Å². The molecular weight excluding hydrogens is 308 g/mol.